The van der Waals surface area contributed by atoms with Crippen molar-refractivity contribution in [3.63, 3.8) is 0 Å². The number of aryl methyl sites for hydroxylation is 2. The molecule has 3 rings (SSSR count). The minimum Gasteiger partial charge on any atom is -0.399 e. The van der Waals surface area contributed by atoms with Gasteiger partial charge < -0.3 is 5.73 Å². The van der Waals surface area contributed by atoms with Gasteiger partial charge in [0.1, 0.15) is 5.01 Å². The molecule has 0 radical (unpaired) electrons. The standard InChI is InChI=1S/C13H14N4S/c1-3-17-11(6-8(2)16-17)13-15-10-5-4-9(14)7-12(10)18-13/h4-7H,3,14H2,1-2H3. The third kappa shape index (κ3) is 1.76. The van der Waals surface area contributed by atoms with Crippen LogP contribution in [0.5, 0.6) is 0 Å². The first-order chi connectivity index (χ1) is 8.67. The minimum absolute atomic E-state index is 0.776. The molecule has 0 amide bonds. The molecule has 0 saturated carbocycles. The smallest absolute Gasteiger partial charge is 0.142 e. The number of hydrogen-bond donors (Lipinski definition) is 1. The number of thiazole rings is 1. The molecule has 3 aromatic rings. The highest BCUT2D eigenvalue weighted by Crippen LogP contribution is 2.31. The lowest BCUT2D eigenvalue weighted by atomic mass is 10.3. The highest BCUT2D eigenvalue weighted by molar-refractivity contribution is 7.21. The van der Waals surface area contributed by atoms with Crippen LogP contribution < -0.4 is 5.73 Å². The minimum atomic E-state index is 0.776. The number of rotatable bonds is 2. The molecule has 4 nitrogen and oxygen atoms in total. The van der Waals surface area contributed by atoms with E-state index in [1.54, 1.807) is 11.3 Å². The van der Waals surface area contributed by atoms with Gasteiger partial charge in [0.25, 0.3) is 0 Å². The van der Waals surface area contributed by atoms with Crippen LogP contribution in [0.4, 0.5) is 5.69 Å². The van der Waals surface area contributed by atoms with Crippen LogP contribution in [-0.2, 0) is 6.54 Å². The van der Waals surface area contributed by atoms with E-state index in [1.807, 2.05) is 29.8 Å². The molecule has 5 heteroatoms. The van der Waals surface area contributed by atoms with Crippen molar-refractivity contribution < 1.29 is 0 Å². The summed E-state index contributed by atoms with van der Waals surface area (Å²) in [6.07, 6.45) is 0. The maximum absolute atomic E-state index is 5.79. The van der Waals surface area contributed by atoms with Gasteiger partial charge in [-0.25, -0.2) is 4.98 Å². The molecule has 0 fully saturated rings. The lowest BCUT2D eigenvalue weighted by molar-refractivity contribution is 0.660. The summed E-state index contributed by atoms with van der Waals surface area (Å²) >= 11 is 1.66. The van der Waals surface area contributed by atoms with Gasteiger partial charge in [-0.15, -0.1) is 11.3 Å². The number of aromatic nitrogens is 3. The van der Waals surface area contributed by atoms with Gasteiger partial charge in [0.15, 0.2) is 0 Å². The third-order valence-corrected chi connectivity index (χ3v) is 3.87. The molecule has 0 aliphatic rings. The monoisotopic (exact) mass is 258 g/mol. The molecular formula is C13H14N4S. The summed E-state index contributed by atoms with van der Waals surface area (Å²) in [5.41, 5.74) is 9.66. The van der Waals surface area contributed by atoms with E-state index in [9.17, 15) is 0 Å². The summed E-state index contributed by atoms with van der Waals surface area (Å²) in [4.78, 5) is 4.65. The maximum atomic E-state index is 5.79. The van der Waals surface area contributed by atoms with Gasteiger partial charge in [-0.2, -0.15) is 5.10 Å². The van der Waals surface area contributed by atoms with Gasteiger partial charge in [-0.1, -0.05) is 0 Å². The highest BCUT2D eigenvalue weighted by Gasteiger charge is 2.12. The van der Waals surface area contributed by atoms with Crippen molar-refractivity contribution >= 4 is 27.2 Å². The number of hydrogen-bond acceptors (Lipinski definition) is 4. The number of fused-ring (bicyclic) bond motifs is 1. The molecule has 2 heterocycles. The first kappa shape index (κ1) is 11.2. The highest BCUT2D eigenvalue weighted by atomic mass is 32.1. The average molecular weight is 258 g/mol. The molecule has 0 saturated heterocycles. The summed E-state index contributed by atoms with van der Waals surface area (Å²) in [7, 11) is 0. The van der Waals surface area contributed by atoms with Crippen molar-refractivity contribution in [2.24, 2.45) is 0 Å². The van der Waals surface area contributed by atoms with E-state index < -0.39 is 0 Å². The van der Waals surface area contributed by atoms with Crippen LogP contribution in [-0.4, -0.2) is 14.8 Å². The van der Waals surface area contributed by atoms with E-state index >= 15 is 0 Å². The topological polar surface area (TPSA) is 56.7 Å². The van der Waals surface area contributed by atoms with Gasteiger partial charge in [0, 0.05) is 12.2 Å². The molecule has 92 valence electrons. The Kier molecular flexibility index (Phi) is 2.56. The van der Waals surface area contributed by atoms with E-state index in [-0.39, 0.29) is 0 Å². The Hall–Kier alpha value is -1.88. The van der Waals surface area contributed by atoms with E-state index in [0.717, 1.165) is 38.8 Å². The van der Waals surface area contributed by atoms with Crippen LogP contribution in [0, 0.1) is 6.92 Å². The maximum Gasteiger partial charge on any atom is 0.142 e. The summed E-state index contributed by atoms with van der Waals surface area (Å²) in [6.45, 7) is 4.93. The number of nitrogens with zero attached hydrogens (tertiary/aromatic N) is 3. The van der Waals surface area contributed by atoms with Gasteiger partial charge in [0.05, 0.1) is 21.6 Å². The molecule has 0 atom stereocenters. The summed E-state index contributed by atoms with van der Waals surface area (Å²) in [6, 6.07) is 7.89. The lowest BCUT2D eigenvalue weighted by Gasteiger charge is -1.99. The quantitative estimate of drug-likeness (QED) is 0.719. The normalized spacial score (nSPS) is 11.2. The second-order valence-electron chi connectivity index (χ2n) is 4.23. The lowest BCUT2D eigenvalue weighted by Crippen LogP contribution is -1.98. The number of nitrogens with two attached hydrogens (primary N) is 1. The van der Waals surface area contributed by atoms with Crippen LogP contribution in [0.15, 0.2) is 24.3 Å². The van der Waals surface area contributed by atoms with Crippen LogP contribution in [0.25, 0.3) is 20.9 Å². The van der Waals surface area contributed by atoms with Crippen molar-refractivity contribution in [3.8, 4) is 10.7 Å². The van der Waals surface area contributed by atoms with Crippen LogP contribution in [0.1, 0.15) is 12.6 Å². The Balaban J connectivity index is 2.18. The Labute approximate surface area is 109 Å². The van der Waals surface area contributed by atoms with Gasteiger partial charge in [-0.05, 0) is 38.1 Å². The zero-order valence-corrected chi connectivity index (χ0v) is 11.2. The Morgan fingerprint density at radius 2 is 2.17 bits per heavy atom. The number of nitrogen functional groups attached to an aromatic ring is 1. The number of anilines is 1. The van der Waals surface area contributed by atoms with E-state index in [2.05, 4.69) is 23.1 Å². The third-order valence-electron chi connectivity index (χ3n) is 2.83. The first-order valence-electron chi connectivity index (χ1n) is 5.88. The zero-order valence-electron chi connectivity index (χ0n) is 10.3. The molecule has 0 unspecified atom stereocenters. The summed E-state index contributed by atoms with van der Waals surface area (Å²) in [5, 5.41) is 5.45. The molecular weight excluding hydrogens is 244 g/mol. The molecule has 0 aliphatic carbocycles. The van der Waals surface area contributed by atoms with Crippen LogP contribution >= 0.6 is 11.3 Å². The first-order valence-corrected chi connectivity index (χ1v) is 6.70. The molecule has 1 aromatic carbocycles. The van der Waals surface area contributed by atoms with Gasteiger partial charge >= 0.3 is 0 Å². The SMILES string of the molecule is CCn1nc(C)cc1-c1nc2ccc(N)cc2s1. The van der Waals surface area contributed by atoms with Crippen molar-refractivity contribution in [1.82, 2.24) is 14.8 Å². The molecule has 2 N–H and O–H groups in total. The van der Waals surface area contributed by atoms with E-state index in [0.29, 0.717) is 0 Å². The summed E-state index contributed by atoms with van der Waals surface area (Å²) in [5.74, 6) is 0. The Morgan fingerprint density at radius 1 is 1.33 bits per heavy atom. The van der Waals surface area contributed by atoms with Crippen molar-refractivity contribution in [2.75, 3.05) is 5.73 Å². The number of benzene rings is 1. The molecule has 0 bridgehead atoms. The fourth-order valence-electron chi connectivity index (χ4n) is 2.01. The molecule has 2 aromatic heterocycles. The Bertz CT molecular complexity index is 711. The second-order valence-corrected chi connectivity index (χ2v) is 5.26. The fourth-order valence-corrected chi connectivity index (χ4v) is 3.04. The zero-order chi connectivity index (χ0) is 12.7. The van der Waals surface area contributed by atoms with Crippen LogP contribution in [0.3, 0.4) is 0 Å². The van der Waals surface area contributed by atoms with E-state index in [4.69, 9.17) is 5.73 Å². The fraction of sp³-hybridized carbons (Fsp3) is 0.231. The van der Waals surface area contributed by atoms with Crippen molar-refractivity contribution in [2.45, 2.75) is 20.4 Å². The molecule has 18 heavy (non-hydrogen) atoms. The predicted molar refractivity (Wildman–Crippen MR) is 75.7 cm³/mol. The second kappa shape index (κ2) is 4.10. The van der Waals surface area contributed by atoms with Crippen molar-refractivity contribution in [3.05, 3.63) is 30.0 Å². The van der Waals surface area contributed by atoms with Gasteiger partial charge in [-0.3, -0.25) is 4.68 Å². The predicted octanol–water partition coefficient (Wildman–Crippen LogP) is 3.07. The van der Waals surface area contributed by atoms with Gasteiger partial charge in [0.2, 0.25) is 0 Å². The van der Waals surface area contributed by atoms with E-state index in [1.165, 1.54) is 0 Å². The Morgan fingerprint density at radius 3 is 2.94 bits per heavy atom. The summed E-state index contributed by atoms with van der Waals surface area (Å²) < 4.78 is 3.10. The average Bonchev–Trinajstić information content (AvgIpc) is 2.91. The largest absolute Gasteiger partial charge is 0.399 e. The van der Waals surface area contributed by atoms with Crippen molar-refractivity contribution in [1.29, 1.82) is 0 Å². The molecule has 0 aliphatic heterocycles. The van der Waals surface area contributed by atoms with Crippen LogP contribution in [0.2, 0.25) is 0 Å². The molecule has 0 spiro atoms.